The van der Waals surface area contributed by atoms with Gasteiger partial charge in [-0.2, -0.15) is 8.42 Å². The number of fused-ring (bicyclic) bond motifs is 1. The molecule has 1 aliphatic rings. The summed E-state index contributed by atoms with van der Waals surface area (Å²) in [6, 6.07) is 7.56. The molecule has 0 aliphatic carbocycles. The first-order valence-corrected chi connectivity index (χ1v) is 11.6. The van der Waals surface area contributed by atoms with Gasteiger partial charge in [0, 0.05) is 28.6 Å². The van der Waals surface area contributed by atoms with E-state index in [1.807, 2.05) is 46.0 Å². The number of benzene rings is 1. The van der Waals surface area contributed by atoms with Crippen molar-refractivity contribution in [2.75, 3.05) is 23.7 Å². The van der Waals surface area contributed by atoms with Gasteiger partial charge in [-0.3, -0.25) is 4.55 Å². The Morgan fingerprint density at radius 3 is 2.82 bits per heavy atom. The Bertz CT molecular complexity index is 965. The van der Waals surface area contributed by atoms with Gasteiger partial charge in [-0.05, 0) is 42.6 Å². The molecule has 0 radical (unpaired) electrons. The van der Waals surface area contributed by atoms with Crippen LogP contribution in [0, 0.1) is 0 Å². The number of thioether (sulfide) groups is 1. The largest absolute Gasteiger partial charge is 0.335 e. The van der Waals surface area contributed by atoms with Crippen molar-refractivity contribution in [3.8, 4) is 0 Å². The molecule has 0 atom stereocenters. The molecule has 1 aliphatic heterocycles. The Balaban J connectivity index is 1.82. The molecule has 28 heavy (non-hydrogen) atoms. The average molecular weight is 442 g/mol. The zero-order chi connectivity index (χ0) is 20.1. The predicted molar refractivity (Wildman–Crippen MR) is 112 cm³/mol. The number of nitrogens with two attached hydrogens (primary N) is 1. The van der Waals surface area contributed by atoms with E-state index in [0.717, 1.165) is 34.3 Å². The highest BCUT2D eigenvalue weighted by atomic mass is 35.5. The lowest BCUT2D eigenvalue weighted by Crippen LogP contribution is -2.34. The zero-order valence-corrected chi connectivity index (χ0v) is 17.6. The molecule has 3 rings (SSSR count). The van der Waals surface area contributed by atoms with Gasteiger partial charge in [-0.15, -0.1) is 0 Å². The SMILES string of the molecule is NCCC[n+]1ccc(C=C2Sc3ccc(Cl)cc3N2CCCS(=O)(=O)O)nc1. The van der Waals surface area contributed by atoms with E-state index in [1.54, 1.807) is 18.1 Å². The van der Waals surface area contributed by atoms with Crippen LogP contribution >= 0.6 is 23.4 Å². The van der Waals surface area contributed by atoms with Crippen molar-refractivity contribution < 1.29 is 17.5 Å². The maximum absolute atomic E-state index is 11.1. The van der Waals surface area contributed by atoms with Crippen molar-refractivity contribution in [1.29, 1.82) is 0 Å². The van der Waals surface area contributed by atoms with Gasteiger partial charge >= 0.3 is 0 Å². The molecule has 0 spiro atoms. The summed E-state index contributed by atoms with van der Waals surface area (Å²) in [6.45, 7) is 1.89. The lowest BCUT2D eigenvalue weighted by molar-refractivity contribution is -0.700. The maximum atomic E-state index is 11.1. The first-order valence-electron chi connectivity index (χ1n) is 8.83. The summed E-state index contributed by atoms with van der Waals surface area (Å²) < 4.78 is 33.1. The monoisotopic (exact) mass is 441 g/mol. The first kappa shape index (κ1) is 21.1. The van der Waals surface area contributed by atoms with Crippen LogP contribution in [0.1, 0.15) is 18.5 Å². The number of anilines is 1. The van der Waals surface area contributed by atoms with Crippen LogP contribution in [-0.4, -0.2) is 36.8 Å². The summed E-state index contributed by atoms with van der Waals surface area (Å²) in [5.74, 6) is -0.290. The summed E-state index contributed by atoms with van der Waals surface area (Å²) >= 11 is 7.72. The lowest BCUT2D eigenvalue weighted by Gasteiger charge is -2.20. The average Bonchev–Trinajstić information content (AvgIpc) is 2.97. The van der Waals surface area contributed by atoms with Gasteiger partial charge in [0.15, 0.2) is 5.69 Å². The highest BCUT2D eigenvalue weighted by Gasteiger charge is 2.26. The van der Waals surface area contributed by atoms with Gasteiger partial charge in [0.25, 0.3) is 16.4 Å². The molecule has 1 aromatic carbocycles. The van der Waals surface area contributed by atoms with E-state index in [0.29, 0.717) is 24.5 Å². The Morgan fingerprint density at radius 1 is 1.32 bits per heavy atom. The molecule has 0 saturated heterocycles. The van der Waals surface area contributed by atoms with E-state index in [2.05, 4.69) is 4.98 Å². The van der Waals surface area contributed by atoms with Crippen molar-refractivity contribution in [3.05, 3.63) is 52.5 Å². The van der Waals surface area contributed by atoms with Crippen LogP contribution < -0.4 is 15.2 Å². The first-order chi connectivity index (χ1) is 13.4. The summed E-state index contributed by atoms with van der Waals surface area (Å²) in [4.78, 5) is 7.52. The molecule has 10 heteroatoms. The van der Waals surface area contributed by atoms with Gasteiger partial charge in [0.1, 0.15) is 0 Å². The van der Waals surface area contributed by atoms with Gasteiger partial charge in [0.2, 0.25) is 0 Å². The molecule has 1 aromatic heterocycles. The second-order valence-electron chi connectivity index (χ2n) is 6.35. The molecule has 7 nitrogen and oxygen atoms in total. The standard InChI is InChI=1S/C18H21ClN4O3S2/c19-14-3-4-17-16(11-14)23(8-2-10-28(24,25)26)18(27-17)12-15-5-9-22(13-21-15)7-1-6-20/h3-5,9,11-13H,1-2,6-8,10,20H2/p+1. The number of aromatic nitrogens is 2. The number of rotatable bonds is 8. The Hall–Kier alpha value is -1.65. The molecule has 0 unspecified atom stereocenters. The zero-order valence-electron chi connectivity index (χ0n) is 15.2. The van der Waals surface area contributed by atoms with Gasteiger partial charge in [0.05, 0.1) is 29.2 Å². The van der Waals surface area contributed by atoms with E-state index in [9.17, 15) is 8.42 Å². The lowest BCUT2D eigenvalue weighted by atomic mass is 10.2. The Kier molecular flexibility index (Phi) is 6.95. The molecule has 2 heterocycles. The van der Waals surface area contributed by atoms with Gasteiger partial charge < -0.3 is 10.6 Å². The maximum Gasteiger partial charge on any atom is 0.286 e. The fraction of sp³-hybridized carbons (Fsp3) is 0.333. The van der Waals surface area contributed by atoms with Crippen molar-refractivity contribution in [2.24, 2.45) is 5.73 Å². The van der Waals surface area contributed by atoms with Crippen LogP contribution in [0.4, 0.5) is 5.69 Å². The van der Waals surface area contributed by atoms with E-state index < -0.39 is 10.1 Å². The van der Waals surface area contributed by atoms with E-state index >= 15 is 0 Å². The molecule has 0 amide bonds. The fourth-order valence-corrected chi connectivity index (χ4v) is 4.60. The second-order valence-corrected chi connectivity index (χ2v) is 9.42. The van der Waals surface area contributed by atoms with Crippen molar-refractivity contribution >= 4 is 45.2 Å². The normalized spacial score (nSPS) is 15.2. The van der Waals surface area contributed by atoms with E-state index in [-0.39, 0.29) is 5.75 Å². The molecule has 0 bridgehead atoms. The summed E-state index contributed by atoms with van der Waals surface area (Å²) in [5, 5.41) is 1.54. The van der Waals surface area contributed by atoms with Crippen LogP contribution in [0.3, 0.4) is 0 Å². The fourth-order valence-electron chi connectivity index (χ4n) is 2.83. The Labute approximate surface area is 174 Å². The van der Waals surface area contributed by atoms with Crippen LogP contribution in [0.5, 0.6) is 0 Å². The van der Waals surface area contributed by atoms with Crippen molar-refractivity contribution in [2.45, 2.75) is 24.3 Å². The van der Waals surface area contributed by atoms with E-state index in [1.165, 1.54) is 0 Å². The number of hydrogen-bond acceptors (Lipinski definition) is 6. The highest BCUT2D eigenvalue weighted by Crippen LogP contribution is 2.47. The summed E-state index contributed by atoms with van der Waals surface area (Å²) in [7, 11) is -3.99. The third kappa shape index (κ3) is 5.68. The highest BCUT2D eigenvalue weighted by molar-refractivity contribution is 8.03. The third-order valence-electron chi connectivity index (χ3n) is 4.16. The second kappa shape index (κ2) is 9.23. The summed E-state index contributed by atoms with van der Waals surface area (Å²) in [6.07, 6.45) is 6.87. The van der Waals surface area contributed by atoms with Crippen LogP contribution in [0.25, 0.3) is 6.08 Å². The molecule has 150 valence electrons. The minimum Gasteiger partial charge on any atom is -0.335 e. The molecule has 0 fully saturated rings. The molecule has 2 aromatic rings. The van der Waals surface area contributed by atoms with Crippen molar-refractivity contribution in [3.63, 3.8) is 0 Å². The van der Waals surface area contributed by atoms with Gasteiger partial charge in [-0.1, -0.05) is 23.4 Å². The number of hydrogen-bond donors (Lipinski definition) is 2. The van der Waals surface area contributed by atoms with Crippen LogP contribution in [0.15, 0.2) is 46.7 Å². The molecule has 0 saturated carbocycles. The minimum atomic E-state index is -3.99. The predicted octanol–water partition coefficient (Wildman–Crippen LogP) is 2.56. The number of aryl methyl sites for hydroxylation is 1. The molecular weight excluding hydrogens is 420 g/mol. The third-order valence-corrected chi connectivity index (χ3v) is 6.31. The van der Waals surface area contributed by atoms with Crippen LogP contribution in [0.2, 0.25) is 5.02 Å². The van der Waals surface area contributed by atoms with E-state index in [4.69, 9.17) is 21.9 Å². The summed E-state index contributed by atoms with van der Waals surface area (Å²) in [5.41, 5.74) is 7.26. The number of halogens is 1. The van der Waals surface area contributed by atoms with Gasteiger partial charge in [-0.25, -0.2) is 4.57 Å². The molecule has 3 N–H and O–H groups in total. The number of nitrogens with zero attached hydrogens (tertiary/aromatic N) is 3. The Morgan fingerprint density at radius 2 is 2.14 bits per heavy atom. The minimum absolute atomic E-state index is 0.290. The topological polar surface area (TPSA) is 100 Å². The molecular formula is C18H22ClN4O3S2+. The van der Waals surface area contributed by atoms with Crippen molar-refractivity contribution in [1.82, 2.24) is 4.98 Å². The quantitative estimate of drug-likeness (QED) is 0.479. The smallest absolute Gasteiger partial charge is 0.286 e. The van der Waals surface area contributed by atoms with Crippen LogP contribution in [-0.2, 0) is 16.7 Å².